The summed E-state index contributed by atoms with van der Waals surface area (Å²) >= 11 is 0. The molecular formula is C14H16F4N2. The number of halogens is 4. The Kier molecular flexibility index (Phi) is 4.77. The first-order valence-electron chi connectivity index (χ1n) is 6.44. The van der Waals surface area contributed by atoms with E-state index in [1.54, 1.807) is 4.90 Å². The Hall–Kier alpha value is -1.40. The lowest BCUT2D eigenvalue weighted by molar-refractivity contribution is 0.166. The number of benzene rings is 1. The van der Waals surface area contributed by atoms with E-state index in [0.717, 1.165) is 0 Å². The van der Waals surface area contributed by atoms with E-state index < -0.39 is 34.9 Å². The highest BCUT2D eigenvalue weighted by Crippen LogP contribution is 2.32. The largest absolute Gasteiger partial charge is 0.314 e. The van der Waals surface area contributed by atoms with Gasteiger partial charge in [-0.15, -0.1) is 6.58 Å². The molecule has 2 rings (SSSR count). The van der Waals surface area contributed by atoms with Gasteiger partial charge in [-0.25, -0.2) is 17.6 Å². The zero-order valence-corrected chi connectivity index (χ0v) is 10.9. The lowest BCUT2D eigenvalue weighted by Gasteiger charge is -2.35. The monoisotopic (exact) mass is 288 g/mol. The summed E-state index contributed by atoms with van der Waals surface area (Å²) in [6.07, 6.45) is 1.71. The minimum absolute atomic E-state index is 0.219. The van der Waals surface area contributed by atoms with Gasteiger partial charge in [0.1, 0.15) is 0 Å². The molecule has 1 N–H and O–H groups in total. The topological polar surface area (TPSA) is 15.3 Å². The van der Waals surface area contributed by atoms with E-state index in [1.807, 2.05) is 0 Å². The van der Waals surface area contributed by atoms with Crippen LogP contribution in [0.3, 0.4) is 0 Å². The Balaban J connectivity index is 2.45. The van der Waals surface area contributed by atoms with Crippen LogP contribution in [0.15, 0.2) is 18.7 Å². The molecule has 110 valence electrons. The second kappa shape index (κ2) is 6.37. The predicted molar refractivity (Wildman–Crippen MR) is 68.3 cm³/mol. The van der Waals surface area contributed by atoms with E-state index in [9.17, 15) is 17.6 Å². The molecule has 1 aliphatic rings. The van der Waals surface area contributed by atoms with Crippen molar-refractivity contribution in [1.29, 1.82) is 0 Å². The Morgan fingerprint density at radius 1 is 1.15 bits per heavy atom. The van der Waals surface area contributed by atoms with Gasteiger partial charge in [0.25, 0.3) is 0 Å². The van der Waals surface area contributed by atoms with Gasteiger partial charge in [0.2, 0.25) is 0 Å². The zero-order chi connectivity index (χ0) is 14.7. The smallest absolute Gasteiger partial charge is 0.166 e. The van der Waals surface area contributed by atoms with Crippen LogP contribution in [0.2, 0.25) is 0 Å². The molecule has 1 aliphatic heterocycles. The maximum Gasteiger partial charge on any atom is 0.166 e. The van der Waals surface area contributed by atoms with Gasteiger partial charge in [0, 0.05) is 43.9 Å². The third-order valence-electron chi connectivity index (χ3n) is 3.46. The molecule has 0 amide bonds. The molecule has 1 fully saturated rings. The van der Waals surface area contributed by atoms with E-state index in [-0.39, 0.29) is 12.5 Å². The summed E-state index contributed by atoms with van der Waals surface area (Å²) in [5, 5.41) is 3.11. The van der Waals surface area contributed by atoms with Crippen LogP contribution in [0, 0.1) is 23.3 Å². The second-order valence-corrected chi connectivity index (χ2v) is 4.71. The fourth-order valence-corrected chi connectivity index (χ4v) is 2.49. The first-order valence-corrected chi connectivity index (χ1v) is 6.44. The van der Waals surface area contributed by atoms with Gasteiger partial charge in [0.05, 0.1) is 0 Å². The van der Waals surface area contributed by atoms with E-state index in [1.165, 1.54) is 6.08 Å². The SMILES string of the molecule is C=CC[C@@H](c1c(F)c(F)cc(F)c1F)N1CCNCC1. The average molecular weight is 288 g/mol. The van der Waals surface area contributed by atoms with Crippen molar-refractivity contribution in [3.63, 3.8) is 0 Å². The Labute approximate surface area is 115 Å². The highest BCUT2D eigenvalue weighted by molar-refractivity contribution is 5.26. The average Bonchev–Trinajstić information content (AvgIpc) is 2.45. The summed E-state index contributed by atoms with van der Waals surface area (Å²) in [5.74, 6) is -5.39. The number of nitrogens with zero attached hydrogens (tertiary/aromatic N) is 1. The van der Waals surface area contributed by atoms with Crippen LogP contribution in [0.25, 0.3) is 0 Å². The highest BCUT2D eigenvalue weighted by Gasteiger charge is 2.30. The predicted octanol–water partition coefficient (Wildman–Crippen LogP) is 2.77. The molecule has 0 bridgehead atoms. The van der Waals surface area contributed by atoms with Crippen LogP contribution < -0.4 is 5.32 Å². The minimum Gasteiger partial charge on any atom is -0.314 e. The van der Waals surface area contributed by atoms with E-state index in [0.29, 0.717) is 26.2 Å². The summed E-state index contributed by atoms with van der Waals surface area (Å²) in [7, 11) is 0. The molecule has 6 heteroatoms. The molecule has 0 spiro atoms. The van der Waals surface area contributed by atoms with Crippen LogP contribution in [0.1, 0.15) is 18.0 Å². The summed E-state index contributed by atoms with van der Waals surface area (Å²) in [6.45, 7) is 5.98. The Bertz CT molecular complexity index is 472. The fourth-order valence-electron chi connectivity index (χ4n) is 2.49. The molecule has 2 nitrogen and oxygen atoms in total. The van der Waals surface area contributed by atoms with Crippen molar-refractivity contribution in [3.8, 4) is 0 Å². The van der Waals surface area contributed by atoms with Crippen LogP contribution in [0.5, 0.6) is 0 Å². The zero-order valence-electron chi connectivity index (χ0n) is 10.9. The van der Waals surface area contributed by atoms with Crippen molar-refractivity contribution < 1.29 is 17.6 Å². The normalized spacial score (nSPS) is 18.0. The van der Waals surface area contributed by atoms with Crippen molar-refractivity contribution in [3.05, 3.63) is 47.6 Å². The molecule has 0 aromatic heterocycles. The summed E-state index contributed by atoms with van der Waals surface area (Å²) < 4.78 is 54.5. The standard InChI is InChI=1S/C14H16F4N2/c1-2-3-11(20-6-4-19-5-7-20)12-13(17)9(15)8-10(16)14(12)18/h2,8,11,19H,1,3-7H2/t11-/m0/s1. The van der Waals surface area contributed by atoms with Gasteiger partial charge in [-0.1, -0.05) is 6.08 Å². The van der Waals surface area contributed by atoms with Crippen LogP contribution >= 0.6 is 0 Å². The fraction of sp³-hybridized carbons (Fsp3) is 0.429. The lowest BCUT2D eigenvalue weighted by Crippen LogP contribution is -2.45. The number of hydrogen-bond donors (Lipinski definition) is 1. The van der Waals surface area contributed by atoms with E-state index in [2.05, 4.69) is 11.9 Å². The van der Waals surface area contributed by atoms with Gasteiger partial charge in [-0.3, -0.25) is 4.90 Å². The third kappa shape index (κ3) is 2.86. The molecule has 20 heavy (non-hydrogen) atoms. The molecule has 1 atom stereocenters. The van der Waals surface area contributed by atoms with Gasteiger partial charge >= 0.3 is 0 Å². The first kappa shape index (κ1) is 15.0. The second-order valence-electron chi connectivity index (χ2n) is 4.71. The summed E-state index contributed by atoms with van der Waals surface area (Å²) in [5.41, 5.74) is -0.552. The quantitative estimate of drug-likeness (QED) is 0.521. The van der Waals surface area contributed by atoms with Gasteiger partial charge in [-0.2, -0.15) is 0 Å². The van der Waals surface area contributed by atoms with Gasteiger partial charge in [0.15, 0.2) is 23.3 Å². The number of nitrogens with one attached hydrogen (secondary N) is 1. The van der Waals surface area contributed by atoms with Crippen LogP contribution in [-0.4, -0.2) is 31.1 Å². The highest BCUT2D eigenvalue weighted by atomic mass is 19.2. The molecule has 0 unspecified atom stereocenters. The van der Waals surface area contributed by atoms with Crippen molar-refractivity contribution in [2.75, 3.05) is 26.2 Å². The molecule has 1 saturated heterocycles. The van der Waals surface area contributed by atoms with Gasteiger partial charge < -0.3 is 5.32 Å². The van der Waals surface area contributed by atoms with Crippen molar-refractivity contribution in [2.45, 2.75) is 12.5 Å². The maximum absolute atomic E-state index is 13.9. The van der Waals surface area contributed by atoms with E-state index in [4.69, 9.17) is 0 Å². The number of rotatable bonds is 4. The molecule has 0 saturated carbocycles. The Morgan fingerprint density at radius 3 is 2.20 bits per heavy atom. The maximum atomic E-state index is 13.9. The molecule has 0 aliphatic carbocycles. The Morgan fingerprint density at radius 2 is 1.70 bits per heavy atom. The van der Waals surface area contributed by atoms with E-state index >= 15 is 0 Å². The minimum atomic E-state index is -1.37. The number of piperazine rings is 1. The molecule has 1 heterocycles. The molecule has 1 aromatic rings. The molecular weight excluding hydrogens is 272 g/mol. The van der Waals surface area contributed by atoms with Crippen molar-refractivity contribution >= 4 is 0 Å². The molecule has 0 radical (unpaired) electrons. The van der Waals surface area contributed by atoms with Crippen molar-refractivity contribution in [2.24, 2.45) is 0 Å². The van der Waals surface area contributed by atoms with Crippen LogP contribution in [0.4, 0.5) is 17.6 Å². The summed E-state index contributed by atoms with van der Waals surface area (Å²) in [6, 6.07) is -0.517. The first-order chi connectivity index (χ1) is 9.56. The molecule has 1 aromatic carbocycles. The number of hydrogen-bond acceptors (Lipinski definition) is 2. The lowest BCUT2D eigenvalue weighted by atomic mass is 9.99. The van der Waals surface area contributed by atoms with Gasteiger partial charge in [-0.05, 0) is 6.42 Å². The summed E-state index contributed by atoms with van der Waals surface area (Å²) in [4.78, 5) is 1.80. The third-order valence-corrected chi connectivity index (χ3v) is 3.46. The van der Waals surface area contributed by atoms with Crippen LogP contribution in [-0.2, 0) is 0 Å². The van der Waals surface area contributed by atoms with Crippen molar-refractivity contribution in [1.82, 2.24) is 10.2 Å².